The highest BCUT2D eigenvalue weighted by atomic mass is 127. The van der Waals surface area contributed by atoms with Crippen LogP contribution in [0.5, 0.6) is 5.75 Å². The maximum absolute atomic E-state index is 12.5. The van der Waals surface area contributed by atoms with E-state index in [9.17, 15) is 8.78 Å². The molecule has 0 aliphatic rings. The average Bonchev–Trinajstić information content (AvgIpc) is 2.69. The molecule has 2 rings (SSSR count). The predicted octanol–water partition coefficient (Wildman–Crippen LogP) is 4.22. The highest BCUT2D eigenvalue weighted by Crippen LogP contribution is 2.19. The molecule has 0 unspecified atom stereocenters. The topological polar surface area (TPSA) is 48.9 Å². The van der Waals surface area contributed by atoms with E-state index >= 15 is 0 Å². The third kappa shape index (κ3) is 8.95. The van der Waals surface area contributed by atoms with Gasteiger partial charge in [0.2, 0.25) is 0 Å². The maximum Gasteiger partial charge on any atom is 0.387 e. The van der Waals surface area contributed by atoms with Gasteiger partial charge in [-0.3, -0.25) is 4.99 Å². The number of nitrogens with one attached hydrogen (secondary N) is 2. The van der Waals surface area contributed by atoms with Crippen molar-refractivity contribution in [2.45, 2.75) is 33.2 Å². The first-order valence-corrected chi connectivity index (χ1v) is 9.25. The quantitative estimate of drug-likeness (QED) is 0.297. The van der Waals surface area contributed by atoms with E-state index in [0.717, 1.165) is 18.7 Å². The van der Waals surface area contributed by atoms with Crippen molar-refractivity contribution in [3.05, 3.63) is 65.2 Å². The van der Waals surface area contributed by atoms with Gasteiger partial charge >= 0.3 is 6.61 Å². The second-order valence-electron chi connectivity index (χ2n) is 6.42. The summed E-state index contributed by atoms with van der Waals surface area (Å²) in [7, 11) is 3.76. The van der Waals surface area contributed by atoms with E-state index in [1.165, 1.54) is 11.6 Å². The molecule has 0 bridgehead atoms. The van der Waals surface area contributed by atoms with E-state index in [1.54, 1.807) is 25.2 Å². The monoisotopic (exact) mass is 518 g/mol. The Morgan fingerprint density at radius 2 is 1.76 bits per heavy atom. The Morgan fingerprint density at radius 1 is 1.07 bits per heavy atom. The van der Waals surface area contributed by atoms with Crippen LogP contribution < -0.4 is 15.4 Å². The zero-order chi connectivity index (χ0) is 20.4. The summed E-state index contributed by atoms with van der Waals surface area (Å²) >= 11 is 0. The molecule has 2 aromatic carbocycles. The molecular weight excluding hydrogens is 489 g/mol. The van der Waals surface area contributed by atoms with Crippen LogP contribution in [-0.4, -0.2) is 38.1 Å². The summed E-state index contributed by atoms with van der Waals surface area (Å²) in [6.07, 6.45) is 0. The van der Waals surface area contributed by atoms with Crippen LogP contribution in [0.25, 0.3) is 0 Å². The van der Waals surface area contributed by atoms with Crippen LogP contribution in [0.2, 0.25) is 0 Å². The maximum atomic E-state index is 12.5. The van der Waals surface area contributed by atoms with Gasteiger partial charge in [0.1, 0.15) is 5.75 Å². The molecular formula is C21H29F2IN4O. The Balaban J connectivity index is 0.00000420. The number of halogens is 3. The number of ether oxygens (including phenoxy) is 1. The number of para-hydroxylation sites is 1. The number of hydrogen-bond acceptors (Lipinski definition) is 3. The first-order valence-electron chi connectivity index (χ1n) is 9.25. The highest BCUT2D eigenvalue weighted by molar-refractivity contribution is 14.0. The second kappa shape index (κ2) is 13.3. The van der Waals surface area contributed by atoms with Crippen molar-refractivity contribution in [1.29, 1.82) is 0 Å². The molecule has 0 atom stereocenters. The molecule has 0 radical (unpaired) electrons. The van der Waals surface area contributed by atoms with Crippen LogP contribution in [0.15, 0.2) is 53.5 Å². The minimum absolute atomic E-state index is 0. The largest absolute Gasteiger partial charge is 0.434 e. The Labute approximate surface area is 188 Å². The average molecular weight is 518 g/mol. The summed E-state index contributed by atoms with van der Waals surface area (Å²) in [6.45, 7) is 2.11. The molecule has 8 heteroatoms. The van der Waals surface area contributed by atoms with Gasteiger partial charge in [0, 0.05) is 32.2 Å². The van der Waals surface area contributed by atoms with Gasteiger partial charge in [-0.25, -0.2) is 0 Å². The Hall–Kier alpha value is -1.94. The van der Waals surface area contributed by atoms with E-state index < -0.39 is 6.61 Å². The van der Waals surface area contributed by atoms with Crippen molar-refractivity contribution in [1.82, 2.24) is 15.5 Å². The lowest BCUT2D eigenvalue weighted by atomic mass is 10.1. The zero-order valence-corrected chi connectivity index (χ0v) is 19.3. The molecule has 5 nitrogen and oxygen atoms in total. The molecule has 0 amide bonds. The summed E-state index contributed by atoms with van der Waals surface area (Å²) < 4.78 is 29.6. The van der Waals surface area contributed by atoms with Gasteiger partial charge in [0.25, 0.3) is 0 Å². The second-order valence-corrected chi connectivity index (χ2v) is 6.42. The zero-order valence-electron chi connectivity index (χ0n) is 17.0. The summed E-state index contributed by atoms with van der Waals surface area (Å²) in [5.74, 6) is 0.746. The molecule has 2 N–H and O–H groups in total. The third-order valence-corrected chi connectivity index (χ3v) is 4.30. The molecule has 0 aliphatic heterocycles. The number of benzene rings is 2. The smallest absolute Gasteiger partial charge is 0.387 e. The van der Waals surface area contributed by atoms with Crippen molar-refractivity contribution in [2.24, 2.45) is 4.99 Å². The SMILES string of the molecule is CCN(C)Cc1cccc(CNC(=NC)NCc2ccccc2OC(F)F)c1.I. The van der Waals surface area contributed by atoms with Crippen molar-refractivity contribution in [2.75, 3.05) is 20.6 Å². The van der Waals surface area contributed by atoms with Crippen molar-refractivity contribution < 1.29 is 13.5 Å². The molecule has 0 saturated carbocycles. The van der Waals surface area contributed by atoms with Crippen LogP contribution in [0, 0.1) is 0 Å². The molecule has 0 fully saturated rings. The van der Waals surface area contributed by atoms with Crippen LogP contribution in [0.3, 0.4) is 0 Å². The van der Waals surface area contributed by atoms with Gasteiger partial charge in [0.05, 0.1) is 0 Å². The van der Waals surface area contributed by atoms with Crippen LogP contribution >= 0.6 is 24.0 Å². The van der Waals surface area contributed by atoms with Gasteiger partial charge in [-0.05, 0) is 30.8 Å². The number of alkyl halides is 2. The first kappa shape index (κ1) is 25.1. The lowest BCUT2D eigenvalue weighted by Gasteiger charge is -2.16. The number of hydrogen-bond donors (Lipinski definition) is 2. The first-order chi connectivity index (χ1) is 13.5. The lowest BCUT2D eigenvalue weighted by Crippen LogP contribution is -2.36. The number of guanidine groups is 1. The molecule has 160 valence electrons. The van der Waals surface area contributed by atoms with Gasteiger partial charge in [-0.2, -0.15) is 8.78 Å². The fourth-order valence-electron chi connectivity index (χ4n) is 2.71. The fraction of sp³-hybridized carbons (Fsp3) is 0.381. The number of rotatable bonds is 9. The number of aliphatic imine (C=N–C) groups is 1. The predicted molar refractivity (Wildman–Crippen MR) is 124 cm³/mol. The molecule has 29 heavy (non-hydrogen) atoms. The van der Waals surface area contributed by atoms with Crippen molar-refractivity contribution >= 4 is 29.9 Å². The molecule has 0 heterocycles. The highest BCUT2D eigenvalue weighted by Gasteiger charge is 2.09. The normalized spacial score (nSPS) is 11.3. The van der Waals surface area contributed by atoms with Gasteiger partial charge in [-0.1, -0.05) is 49.4 Å². The van der Waals surface area contributed by atoms with E-state index in [4.69, 9.17) is 0 Å². The third-order valence-electron chi connectivity index (χ3n) is 4.30. The Kier molecular flexibility index (Phi) is 11.5. The van der Waals surface area contributed by atoms with Crippen LogP contribution in [0.1, 0.15) is 23.6 Å². The minimum atomic E-state index is -2.85. The van der Waals surface area contributed by atoms with Crippen LogP contribution in [0.4, 0.5) is 8.78 Å². The summed E-state index contributed by atoms with van der Waals surface area (Å²) in [4.78, 5) is 6.43. The van der Waals surface area contributed by atoms with Crippen LogP contribution in [-0.2, 0) is 19.6 Å². The summed E-state index contributed by atoms with van der Waals surface area (Å²) in [5.41, 5.74) is 3.03. The van der Waals surface area contributed by atoms with Gasteiger partial charge < -0.3 is 20.3 Å². The molecule has 0 aliphatic carbocycles. The lowest BCUT2D eigenvalue weighted by molar-refractivity contribution is -0.0504. The van der Waals surface area contributed by atoms with E-state index in [0.29, 0.717) is 24.6 Å². The summed E-state index contributed by atoms with van der Waals surface area (Å²) in [6, 6.07) is 15.1. The Morgan fingerprint density at radius 3 is 2.45 bits per heavy atom. The van der Waals surface area contributed by atoms with Crippen molar-refractivity contribution in [3.8, 4) is 5.75 Å². The van der Waals surface area contributed by atoms with Gasteiger partial charge in [-0.15, -0.1) is 24.0 Å². The fourth-order valence-corrected chi connectivity index (χ4v) is 2.71. The molecule has 2 aromatic rings. The molecule has 0 spiro atoms. The van der Waals surface area contributed by atoms with Gasteiger partial charge in [0.15, 0.2) is 5.96 Å². The molecule has 0 saturated heterocycles. The Bertz CT molecular complexity index is 774. The van der Waals surface area contributed by atoms with E-state index in [1.807, 2.05) is 6.07 Å². The number of nitrogens with zero attached hydrogens (tertiary/aromatic N) is 2. The van der Waals surface area contributed by atoms with E-state index in [-0.39, 0.29) is 29.7 Å². The minimum Gasteiger partial charge on any atom is -0.434 e. The van der Waals surface area contributed by atoms with Crippen molar-refractivity contribution in [3.63, 3.8) is 0 Å². The molecule has 0 aromatic heterocycles. The van der Waals surface area contributed by atoms with E-state index in [2.05, 4.69) is 57.4 Å². The standard InChI is InChI=1S/C21H28F2N4O.HI/c1-4-27(3)15-17-9-7-8-16(12-17)13-25-21(24-2)26-14-18-10-5-6-11-19(18)28-20(22)23;/h5-12,20H,4,13-15H2,1-3H3,(H2,24,25,26);1H. The summed E-state index contributed by atoms with van der Waals surface area (Å²) in [5, 5.41) is 6.38.